The summed E-state index contributed by atoms with van der Waals surface area (Å²) in [7, 11) is 0. The molecule has 118 valence electrons. The number of hydrogen-bond acceptors (Lipinski definition) is 4. The highest BCUT2D eigenvalue weighted by Gasteiger charge is 2.21. The summed E-state index contributed by atoms with van der Waals surface area (Å²) in [6, 6.07) is 15.7. The molecule has 4 rings (SSSR count). The summed E-state index contributed by atoms with van der Waals surface area (Å²) in [5, 5.41) is 6.14. The van der Waals surface area contributed by atoms with Gasteiger partial charge in [-0.25, -0.2) is 9.97 Å². The van der Waals surface area contributed by atoms with Crippen molar-refractivity contribution in [2.45, 2.75) is 6.42 Å². The predicted octanol–water partition coefficient (Wildman–Crippen LogP) is 3.99. The number of aromatic nitrogens is 2. The van der Waals surface area contributed by atoms with E-state index in [2.05, 4.69) is 43.2 Å². The fraction of sp³-hybridized carbons (Fsp3) is 0.0556. The molecule has 0 fully saturated rings. The van der Waals surface area contributed by atoms with Gasteiger partial charge in [0.1, 0.15) is 0 Å². The van der Waals surface area contributed by atoms with E-state index in [1.165, 1.54) is 0 Å². The van der Waals surface area contributed by atoms with Crippen molar-refractivity contribution in [1.29, 1.82) is 0 Å². The average Bonchev–Trinajstić information content (AvgIpc) is 2.71. The van der Waals surface area contributed by atoms with Gasteiger partial charge in [0.2, 0.25) is 11.9 Å². The number of nitrogens with one attached hydrogen (secondary N) is 2. The third-order valence-electron chi connectivity index (χ3n) is 3.76. The van der Waals surface area contributed by atoms with Gasteiger partial charge in [0.15, 0.2) is 0 Å². The van der Waals surface area contributed by atoms with E-state index in [0.717, 1.165) is 31.8 Å². The highest BCUT2D eigenvalue weighted by atomic mass is 127. The summed E-state index contributed by atoms with van der Waals surface area (Å²) in [5.41, 5.74) is 4.23. The van der Waals surface area contributed by atoms with Crippen molar-refractivity contribution >= 4 is 45.8 Å². The molecule has 2 N–H and O–H groups in total. The second-order valence-electron chi connectivity index (χ2n) is 5.47. The Balaban J connectivity index is 1.81. The number of anilines is 3. The molecule has 2 aromatic carbocycles. The zero-order valence-corrected chi connectivity index (χ0v) is 14.7. The van der Waals surface area contributed by atoms with Crippen LogP contribution in [-0.2, 0) is 11.2 Å². The summed E-state index contributed by atoms with van der Waals surface area (Å²) in [4.78, 5) is 21.1. The number of carbonyl (C=O) groups is 1. The van der Waals surface area contributed by atoms with Crippen molar-refractivity contribution in [1.82, 2.24) is 9.97 Å². The van der Waals surface area contributed by atoms with Crippen molar-refractivity contribution in [3.63, 3.8) is 0 Å². The Bertz CT molecular complexity index is 928. The summed E-state index contributed by atoms with van der Waals surface area (Å²) in [6.45, 7) is 0. The molecule has 1 aliphatic rings. The first-order valence-corrected chi connectivity index (χ1v) is 8.55. The van der Waals surface area contributed by atoms with E-state index in [9.17, 15) is 4.79 Å². The summed E-state index contributed by atoms with van der Waals surface area (Å²) in [6.07, 6.45) is 1.99. The van der Waals surface area contributed by atoms with Crippen LogP contribution in [0, 0.1) is 3.57 Å². The van der Waals surface area contributed by atoms with Crippen LogP contribution in [0.25, 0.3) is 11.3 Å². The van der Waals surface area contributed by atoms with Crippen molar-refractivity contribution < 1.29 is 4.79 Å². The highest BCUT2D eigenvalue weighted by Crippen LogP contribution is 2.34. The van der Waals surface area contributed by atoms with E-state index in [1.807, 2.05) is 48.5 Å². The van der Waals surface area contributed by atoms with Crippen molar-refractivity contribution in [2.24, 2.45) is 0 Å². The average molecular weight is 428 g/mol. The van der Waals surface area contributed by atoms with Crippen LogP contribution in [0.3, 0.4) is 0 Å². The zero-order chi connectivity index (χ0) is 16.5. The standard InChI is InChI=1S/C18H13IN4O/c19-12-6-7-15-14(9-12)17-11(8-16(24)22-15)10-20-18(23-17)21-13-4-2-1-3-5-13/h1-7,9-10H,8H2,(H,22,24)(H,20,21,23). The van der Waals surface area contributed by atoms with Crippen molar-refractivity contribution in [3.8, 4) is 11.3 Å². The number of amides is 1. The number of para-hydroxylation sites is 1. The molecule has 0 saturated heterocycles. The van der Waals surface area contributed by atoms with Crippen molar-refractivity contribution in [2.75, 3.05) is 10.6 Å². The Labute approximate surface area is 152 Å². The first-order chi connectivity index (χ1) is 11.7. The first kappa shape index (κ1) is 15.1. The van der Waals surface area contributed by atoms with Crippen LogP contribution < -0.4 is 10.6 Å². The van der Waals surface area contributed by atoms with Gasteiger partial charge in [-0.05, 0) is 52.9 Å². The van der Waals surface area contributed by atoms with Crippen LogP contribution in [0.5, 0.6) is 0 Å². The van der Waals surface area contributed by atoms with Crippen molar-refractivity contribution in [3.05, 3.63) is 63.9 Å². The summed E-state index contributed by atoms with van der Waals surface area (Å²) < 4.78 is 1.09. The number of rotatable bonds is 2. The Morgan fingerprint density at radius 3 is 2.79 bits per heavy atom. The lowest BCUT2D eigenvalue weighted by Gasteiger charge is -2.11. The van der Waals surface area contributed by atoms with Crippen LogP contribution in [0.15, 0.2) is 54.7 Å². The minimum Gasteiger partial charge on any atom is -0.325 e. The van der Waals surface area contributed by atoms with Gasteiger partial charge < -0.3 is 10.6 Å². The van der Waals surface area contributed by atoms with Gasteiger partial charge in [-0.1, -0.05) is 18.2 Å². The fourth-order valence-electron chi connectivity index (χ4n) is 2.67. The normalized spacial score (nSPS) is 12.6. The topological polar surface area (TPSA) is 66.9 Å². The monoisotopic (exact) mass is 428 g/mol. The van der Waals surface area contributed by atoms with E-state index in [0.29, 0.717) is 5.95 Å². The van der Waals surface area contributed by atoms with E-state index < -0.39 is 0 Å². The SMILES string of the molecule is O=C1Cc2cnc(Nc3ccccc3)nc2-c2cc(I)ccc2N1. The Morgan fingerprint density at radius 2 is 1.96 bits per heavy atom. The molecular formula is C18H13IN4O. The maximum Gasteiger partial charge on any atom is 0.228 e. The minimum atomic E-state index is -0.0522. The molecule has 0 aliphatic carbocycles. The number of fused-ring (bicyclic) bond motifs is 3. The molecule has 0 saturated carbocycles. The van der Waals surface area contributed by atoms with E-state index >= 15 is 0 Å². The van der Waals surface area contributed by atoms with Gasteiger partial charge in [-0.3, -0.25) is 4.79 Å². The molecular weight excluding hydrogens is 415 g/mol. The lowest BCUT2D eigenvalue weighted by molar-refractivity contribution is -0.115. The van der Waals surface area contributed by atoms with Crippen LogP contribution in [0.4, 0.5) is 17.3 Å². The smallest absolute Gasteiger partial charge is 0.228 e. The largest absolute Gasteiger partial charge is 0.325 e. The number of benzene rings is 2. The third-order valence-corrected chi connectivity index (χ3v) is 4.43. The zero-order valence-electron chi connectivity index (χ0n) is 12.6. The lowest BCUT2D eigenvalue weighted by Crippen LogP contribution is -2.12. The molecule has 0 atom stereocenters. The first-order valence-electron chi connectivity index (χ1n) is 7.47. The Hall–Kier alpha value is -2.48. The molecule has 0 unspecified atom stereocenters. The Kier molecular flexibility index (Phi) is 3.89. The predicted molar refractivity (Wildman–Crippen MR) is 102 cm³/mol. The molecule has 3 aromatic rings. The molecule has 2 heterocycles. The van der Waals surface area contributed by atoms with Gasteiger partial charge in [0.05, 0.1) is 17.8 Å². The number of halogens is 1. The molecule has 1 amide bonds. The second-order valence-corrected chi connectivity index (χ2v) is 6.72. The van der Waals surface area contributed by atoms with E-state index in [-0.39, 0.29) is 12.3 Å². The van der Waals surface area contributed by atoms with Gasteiger partial charge in [-0.2, -0.15) is 0 Å². The van der Waals surface area contributed by atoms with Crippen LogP contribution in [0.1, 0.15) is 5.56 Å². The lowest BCUT2D eigenvalue weighted by atomic mass is 10.1. The van der Waals surface area contributed by atoms with E-state index in [4.69, 9.17) is 0 Å². The quantitative estimate of drug-likeness (QED) is 0.606. The van der Waals surface area contributed by atoms with Gasteiger partial charge in [-0.15, -0.1) is 0 Å². The minimum absolute atomic E-state index is 0.0522. The molecule has 0 radical (unpaired) electrons. The molecule has 1 aromatic heterocycles. The molecule has 0 bridgehead atoms. The van der Waals surface area contributed by atoms with Gasteiger partial charge >= 0.3 is 0 Å². The van der Waals surface area contributed by atoms with Crippen LogP contribution in [0.2, 0.25) is 0 Å². The summed E-state index contributed by atoms with van der Waals surface area (Å²) >= 11 is 2.26. The second kappa shape index (κ2) is 6.20. The number of nitrogens with zero attached hydrogens (tertiary/aromatic N) is 2. The molecule has 6 heteroatoms. The summed E-state index contributed by atoms with van der Waals surface area (Å²) in [5.74, 6) is 0.461. The van der Waals surface area contributed by atoms with Crippen LogP contribution >= 0.6 is 22.6 Å². The molecule has 0 spiro atoms. The third kappa shape index (κ3) is 2.96. The molecule has 24 heavy (non-hydrogen) atoms. The molecule has 1 aliphatic heterocycles. The maximum absolute atomic E-state index is 12.1. The number of hydrogen-bond donors (Lipinski definition) is 2. The van der Waals surface area contributed by atoms with E-state index in [1.54, 1.807) is 6.20 Å². The van der Waals surface area contributed by atoms with Gasteiger partial charge in [0.25, 0.3) is 0 Å². The van der Waals surface area contributed by atoms with Gasteiger partial charge in [0, 0.05) is 26.6 Å². The fourth-order valence-corrected chi connectivity index (χ4v) is 3.16. The van der Waals surface area contributed by atoms with Crippen LogP contribution in [-0.4, -0.2) is 15.9 Å². The maximum atomic E-state index is 12.1. The number of carbonyl (C=O) groups excluding carboxylic acids is 1. The molecule has 5 nitrogen and oxygen atoms in total. The highest BCUT2D eigenvalue weighted by molar-refractivity contribution is 14.1. The Morgan fingerprint density at radius 1 is 1.12 bits per heavy atom.